The second-order valence-electron chi connectivity index (χ2n) is 8.90. The standard InChI is InChI=1S/C24H30FN3O4Si/c1-30-24(29)23-21(9-11-27-32-17-31-13-14-33(2,3)4)20-10-12-28(22(20)15-26-23)16-18-5-7-19(25)8-6-18/h5-8,10-12,15H,9,13-14,16-17H2,1-4H3/b27-11+. The van der Waals surface area contributed by atoms with E-state index in [0.717, 1.165) is 22.5 Å². The molecule has 2 heterocycles. The summed E-state index contributed by atoms with van der Waals surface area (Å²) in [5.41, 5.74) is 2.74. The SMILES string of the molecule is COC(=O)c1ncc2c(ccn2Cc2ccc(F)cc2)c1C/C=N/OCOCC[Si](C)(C)C. The molecule has 1 aromatic carbocycles. The molecule has 0 unspecified atom stereocenters. The molecule has 3 aromatic rings. The van der Waals surface area contributed by atoms with Gasteiger partial charge in [0.05, 0.1) is 18.8 Å². The fourth-order valence-corrected chi connectivity index (χ4v) is 4.06. The maximum Gasteiger partial charge on any atom is 0.356 e. The van der Waals surface area contributed by atoms with E-state index >= 15 is 0 Å². The number of esters is 1. The predicted octanol–water partition coefficient (Wildman–Crippen LogP) is 4.87. The van der Waals surface area contributed by atoms with Crippen LogP contribution in [0.4, 0.5) is 4.39 Å². The van der Waals surface area contributed by atoms with Crippen molar-refractivity contribution in [3.63, 3.8) is 0 Å². The van der Waals surface area contributed by atoms with Gasteiger partial charge in [-0.3, -0.25) is 0 Å². The number of pyridine rings is 1. The van der Waals surface area contributed by atoms with Crippen LogP contribution < -0.4 is 0 Å². The molecule has 33 heavy (non-hydrogen) atoms. The Labute approximate surface area is 194 Å². The molecule has 0 aliphatic carbocycles. The van der Waals surface area contributed by atoms with Crippen LogP contribution in [0.5, 0.6) is 0 Å². The van der Waals surface area contributed by atoms with Crippen molar-refractivity contribution < 1.29 is 23.5 Å². The quantitative estimate of drug-likeness (QED) is 0.0996. The zero-order valence-electron chi connectivity index (χ0n) is 19.5. The second kappa shape index (κ2) is 11.2. The molecule has 0 bridgehead atoms. The topological polar surface area (TPSA) is 74.9 Å². The first-order chi connectivity index (χ1) is 15.8. The number of nitrogens with zero attached hydrogens (tertiary/aromatic N) is 3. The molecule has 7 nitrogen and oxygen atoms in total. The van der Waals surface area contributed by atoms with E-state index in [1.807, 2.05) is 16.8 Å². The van der Waals surface area contributed by atoms with Crippen LogP contribution in [0.2, 0.25) is 25.7 Å². The van der Waals surface area contributed by atoms with Gasteiger partial charge >= 0.3 is 5.97 Å². The van der Waals surface area contributed by atoms with Crippen molar-refractivity contribution in [2.75, 3.05) is 20.5 Å². The van der Waals surface area contributed by atoms with Crippen LogP contribution in [0.3, 0.4) is 0 Å². The third kappa shape index (κ3) is 6.97. The number of carbonyl (C=O) groups excluding carboxylic acids is 1. The lowest BCUT2D eigenvalue weighted by molar-refractivity contribution is -0.0473. The number of carbonyl (C=O) groups is 1. The first kappa shape index (κ1) is 24.6. The number of hydrogen-bond donors (Lipinski definition) is 0. The highest BCUT2D eigenvalue weighted by Gasteiger charge is 2.18. The van der Waals surface area contributed by atoms with Gasteiger partial charge in [-0.25, -0.2) is 14.2 Å². The zero-order chi connectivity index (χ0) is 23.8. The van der Waals surface area contributed by atoms with E-state index in [1.54, 1.807) is 24.5 Å². The number of oxime groups is 1. The molecule has 0 N–H and O–H groups in total. The van der Waals surface area contributed by atoms with E-state index in [1.165, 1.54) is 19.2 Å². The first-order valence-electron chi connectivity index (χ1n) is 10.8. The first-order valence-corrected chi connectivity index (χ1v) is 14.5. The van der Waals surface area contributed by atoms with Gasteiger partial charge in [-0.05, 0) is 29.8 Å². The van der Waals surface area contributed by atoms with Crippen molar-refractivity contribution in [2.24, 2.45) is 5.16 Å². The molecular weight excluding hydrogens is 441 g/mol. The maximum absolute atomic E-state index is 13.2. The Bertz CT molecular complexity index is 1110. The predicted molar refractivity (Wildman–Crippen MR) is 129 cm³/mol. The van der Waals surface area contributed by atoms with Crippen molar-refractivity contribution >= 4 is 31.2 Å². The van der Waals surface area contributed by atoms with Gasteiger partial charge in [0.25, 0.3) is 0 Å². The summed E-state index contributed by atoms with van der Waals surface area (Å²) in [5, 5.41) is 4.82. The number of ether oxygens (including phenoxy) is 2. The lowest BCUT2D eigenvalue weighted by Crippen LogP contribution is -2.21. The Morgan fingerprint density at radius 3 is 2.67 bits per heavy atom. The normalized spacial score (nSPS) is 11.9. The monoisotopic (exact) mass is 471 g/mol. The number of benzene rings is 1. The minimum absolute atomic E-state index is 0.0847. The molecule has 176 valence electrons. The van der Waals surface area contributed by atoms with E-state index in [-0.39, 0.29) is 18.3 Å². The molecule has 0 atom stereocenters. The van der Waals surface area contributed by atoms with Gasteiger partial charge in [0.2, 0.25) is 6.79 Å². The van der Waals surface area contributed by atoms with Crippen LogP contribution >= 0.6 is 0 Å². The van der Waals surface area contributed by atoms with Gasteiger partial charge in [0.1, 0.15) is 5.82 Å². The molecule has 0 amide bonds. The van der Waals surface area contributed by atoms with Crippen molar-refractivity contribution in [3.8, 4) is 0 Å². The molecule has 0 saturated carbocycles. The molecular formula is C24H30FN3O4Si. The smallest absolute Gasteiger partial charge is 0.356 e. The minimum atomic E-state index is -1.14. The molecule has 0 radical (unpaired) electrons. The summed E-state index contributed by atoms with van der Waals surface area (Å²) in [5.74, 6) is -0.784. The Morgan fingerprint density at radius 1 is 1.21 bits per heavy atom. The summed E-state index contributed by atoms with van der Waals surface area (Å²) in [4.78, 5) is 21.8. The van der Waals surface area contributed by atoms with Crippen LogP contribution in [0.25, 0.3) is 10.9 Å². The summed E-state index contributed by atoms with van der Waals surface area (Å²) in [6, 6.07) is 9.35. The van der Waals surface area contributed by atoms with Gasteiger partial charge in [0.15, 0.2) is 5.69 Å². The van der Waals surface area contributed by atoms with E-state index in [9.17, 15) is 9.18 Å². The van der Waals surface area contributed by atoms with Crippen molar-refractivity contribution in [2.45, 2.75) is 38.7 Å². The maximum atomic E-state index is 13.2. The zero-order valence-corrected chi connectivity index (χ0v) is 20.5. The van der Waals surface area contributed by atoms with Gasteiger partial charge in [0, 0.05) is 51.0 Å². The Morgan fingerprint density at radius 2 is 1.97 bits per heavy atom. The summed E-state index contributed by atoms with van der Waals surface area (Å²) in [7, 11) is 0.189. The highest BCUT2D eigenvalue weighted by atomic mass is 28.3. The summed E-state index contributed by atoms with van der Waals surface area (Å²) in [6.45, 7) is 8.15. The molecule has 0 aliphatic heterocycles. The van der Waals surface area contributed by atoms with Gasteiger partial charge < -0.3 is 18.9 Å². The van der Waals surface area contributed by atoms with Gasteiger partial charge in [-0.15, -0.1) is 0 Å². The van der Waals surface area contributed by atoms with Crippen LogP contribution in [0.1, 0.15) is 21.6 Å². The fourth-order valence-electron chi connectivity index (χ4n) is 3.30. The van der Waals surface area contributed by atoms with E-state index in [2.05, 4.69) is 29.8 Å². The average Bonchev–Trinajstić information content (AvgIpc) is 3.18. The van der Waals surface area contributed by atoms with Crippen LogP contribution in [0.15, 0.2) is 47.9 Å². The summed E-state index contributed by atoms with van der Waals surface area (Å²) in [6.07, 6.45) is 5.49. The Balaban J connectivity index is 1.72. The third-order valence-corrected chi connectivity index (χ3v) is 6.86. The van der Waals surface area contributed by atoms with Crippen molar-refractivity contribution in [1.29, 1.82) is 0 Å². The number of halogens is 1. The van der Waals surface area contributed by atoms with E-state index in [0.29, 0.717) is 25.1 Å². The van der Waals surface area contributed by atoms with Crippen LogP contribution in [-0.2, 0) is 27.3 Å². The summed E-state index contributed by atoms with van der Waals surface area (Å²) >= 11 is 0. The highest BCUT2D eigenvalue weighted by Crippen LogP contribution is 2.24. The van der Waals surface area contributed by atoms with E-state index < -0.39 is 14.0 Å². The molecule has 0 fully saturated rings. The second-order valence-corrected chi connectivity index (χ2v) is 14.5. The number of aromatic nitrogens is 2. The van der Waals surface area contributed by atoms with Crippen molar-refractivity contribution in [3.05, 3.63) is 65.4 Å². The average molecular weight is 472 g/mol. The van der Waals surface area contributed by atoms with E-state index in [4.69, 9.17) is 14.3 Å². The lowest BCUT2D eigenvalue weighted by Gasteiger charge is -2.14. The number of methoxy groups -OCH3 is 1. The molecule has 0 spiro atoms. The summed E-state index contributed by atoms with van der Waals surface area (Å²) < 4.78 is 25.6. The minimum Gasteiger partial charge on any atom is -0.464 e. The third-order valence-electron chi connectivity index (χ3n) is 5.16. The molecule has 0 aliphatic rings. The Kier molecular flexibility index (Phi) is 8.35. The van der Waals surface area contributed by atoms with Gasteiger partial charge in [-0.2, -0.15) is 0 Å². The van der Waals surface area contributed by atoms with Crippen molar-refractivity contribution in [1.82, 2.24) is 9.55 Å². The molecule has 0 saturated heterocycles. The number of fused-ring (bicyclic) bond motifs is 1. The number of hydrogen-bond acceptors (Lipinski definition) is 6. The fraction of sp³-hybridized carbons (Fsp3) is 0.375. The molecule has 3 rings (SSSR count). The Hall–Kier alpha value is -3.04. The largest absolute Gasteiger partial charge is 0.464 e. The lowest BCUT2D eigenvalue weighted by atomic mass is 10.1. The molecule has 9 heteroatoms. The van der Waals surface area contributed by atoms with Crippen LogP contribution in [-0.4, -0.2) is 50.3 Å². The van der Waals surface area contributed by atoms with Gasteiger partial charge in [-0.1, -0.05) is 36.9 Å². The highest BCUT2D eigenvalue weighted by molar-refractivity contribution is 6.76. The number of rotatable bonds is 11. The van der Waals surface area contributed by atoms with Crippen LogP contribution in [0, 0.1) is 5.82 Å². The molecule has 2 aromatic heterocycles.